The highest BCUT2D eigenvalue weighted by molar-refractivity contribution is 5.97. The van der Waals surface area contributed by atoms with Crippen LogP contribution in [0.25, 0.3) is 11.7 Å². The summed E-state index contributed by atoms with van der Waals surface area (Å²) >= 11 is 0. The minimum absolute atomic E-state index is 0.240. The van der Waals surface area contributed by atoms with Crippen molar-refractivity contribution in [3.05, 3.63) is 60.2 Å². The Labute approximate surface area is 174 Å². The molecule has 0 bridgehead atoms. The number of furan rings is 1. The van der Waals surface area contributed by atoms with Crippen molar-refractivity contribution in [2.24, 2.45) is 0 Å². The second-order valence-corrected chi connectivity index (χ2v) is 6.61. The number of hydrogen-bond acceptors (Lipinski definition) is 7. The van der Waals surface area contributed by atoms with E-state index in [1.54, 1.807) is 19.1 Å². The molecule has 9 heteroatoms. The van der Waals surface area contributed by atoms with Crippen LogP contribution in [0.15, 0.2) is 57.6 Å². The van der Waals surface area contributed by atoms with Crippen molar-refractivity contribution >= 4 is 11.9 Å². The van der Waals surface area contributed by atoms with Gasteiger partial charge < -0.3 is 14.2 Å². The number of benzene rings is 1. The molecule has 0 saturated heterocycles. The SMILES string of the molecule is CCCN(Cc1nnc(-c2ccco2)o1)[C@@H](C(=O)NC(=O)NCC)c1ccccc1. The molecule has 2 aromatic heterocycles. The van der Waals surface area contributed by atoms with E-state index in [9.17, 15) is 9.59 Å². The van der Waals surface area contributed by atoms with Crippen LogP contribution in [0.3, 0.4) is 0 Å². The van der Waals surface area contributed by atoms with Gasteiger partial charge >= 0.3 is 6.03 Å². The predicted molar refractivity (Wildman–Crippen MR) is 109 cm³/mol. The largest absolute Gasteiger partial charge is 0.459 e. The zero-order valence-corrected chi connectivity index (χ0v) is 17.0. The van der Waals surface area contributed by atoms with Gasteiger partial charge in [-0.15, -0.1) is 10.2 Å². The minimum atomic E-state index is -0.701. The van der Waals surface area contributed by atoms with Gasteiger partial charge in [0.05, 0.1) is 12.8 Å². The molecule has 0 radical (unpaired) electrons. The number of rotatable bonds is 9. The quantitative estimate of drug-likeness (QED) is 0.556. The van der Waals surface area contributed by atoms with Crippen LogP contribution >= 0.6 is 0 Å². The summed E-state index contributed by atoms with van der Waals surface area (Å²) in [7, 11) is 0. The Hall–Kier alpha value is -3.46. The smallest absolute Gasteiger partial charge is 0.321 e. The van der Waals surface area contributed by atoms with Gasteiger partial charge in [0.25, 0.3) is 5.89 Å². The second-order valence-electron chi connectivity index (χ2n) is 6.61. The molecule has 3 rings (SSSR count). The van der Waals surface area contributed by atoms with E-state index in [0.717, 1.165) is 12.0 Å². The predicted octanol–water partition coefficient (Wildman–Crippen LogP) is 3.13. The highest BCUT2D eigenvalue weighted by Crippen LogP contribution is 2.25. The lowest BCUT2D eigenvalue weighted by molar-refractivity contribution is -0.126. The van der Waals surface area contributed by atoms with Crippen LogP contribution < -0.4 is 10.6 Å². The zero-order chi connectivity index (χ0) is 21.3. The molecule has 0 spiro atoms. The summed E-state index contributed by atoms with van der Waals surface area (Å²) in [5.74, 6) is 0.673. The average molecular weight is 411 g/mol. The molecule has 1 atom stereocenters. The number of amides is 3. The molecule has 158 valence electrons. The van der Waals surface area contributed by atoms with Crippen LogP contribution in [0.5, 0.6) is 0 Å². The lowest BCUT2D eigenvalue weighted by Gasteiger charge is -2.29. The van der Waals surface area contributed by atoms with Crippen LogP contribution in [0.2, 0.25) is 0 Å². The number of hydrogen-bond donors (Lipinski definition) is 2. The van der Waals surface area contributed by atoms with Crippen LogP contribution in [0.4, 0.5) is 4.79 Å². The summed E-state index contributed by atoms with van der Waals surface area (Å²) in [6.07, 6.45) is 2.32. The third-order valence-electron chi connectivity index (χ3n) is 4.35. The maximum atomic E-state index is 13.0. The first-order chi connectivity index (χ1) is 14.6. The molecule has 2 heterocycles. The van der Waals surface area contributed by atoms with E-state index in [2.05, 4.69) is 20.8 Å². The maximum absolute atomic E-state index is 13.0. The Morgan fingerprint density at radius 1 is 1.10 bits per heavy atom. The average Bonchev–Trinajstić information content (AvgIpc) is 3.41. The molecule has 0 aliphatic carbocycles. The van der Waals surface area contributed by atoms with Crippen molar-refractivity contribution in [3.63, 3.8) is 0 Å². The van der Waals surface area contributed by atoms with Gasteiger partial charge in [-0.05, 0) is 37.6 Å². The third kappa shape index (κ3) is 5.32. The summed E-state index contributed by atoms with van der Waals surface area (Å²) in [4.78, 5) is 26.9. The Kier molecular flexibility index (Phi) is 7.34. The van der Waals surface area contributed by atoms with E-state index in [1.165, 1.54) is 6.26 Å². The number of imide groups is 1. The van der Waals surface area contributed by atoms with Gasteiger partial charge in [-0.3, -0.25) is 15.0 Å². The van der Waals surface area contributed by atoms with Gasteiger partial charge in [-0.2, -0.15) is 0 Å². The van der Waals surface area contributed by atoms with Gasteiger partial charge in [0.15, 0.2) is 5.76 Å². The number of carbonyl (C=O) groups is 2. The van der Waals surface area contributed by atoms with Gasteiger partial charge in [0, 0.05) is 6.54 Å². The first kappa shape index (κ1) is 21.3. The number of nitrogens with zero attached hydrogens (tertiary/aromatic N) is 3. The fourth-order valence-corrected chi connectivity index (χ4v) is 3.13. The highest BCUT2D eigenvalue weighted by Gasteiger charge is 2.30. The van der Waals surface area contributed by atoms with Crippen LogP contribution in [0, 0.1) is 0 Å². The van der Waals surface area contributed by atoms with E-state index in [0.29, 0.717) is 24.7 Å². The van der Waals surface area contributed by atoms with Crippen molar-refractivity contribution in [1.29, 1.82) is 0 Å². The van der Waals surface area contributed by atoms with E-state index >= 15 is 0 Å². The third-order valence-corrected chi connectivity index (χ3v) is 4.35. The standard InChI is InChI=1S/C21H25N5O4/c1-3-12-26(14-17-24-25-20(30-17)16-11-8-13-29-16)18(15-9-6-5-7-10-15)19(27)23-21(28)22-4-2/h5-11,13,18H,3-4,12,14H2,1-2H3,(H2,22,23,27,28)/t18-/m1/s1. The molecule has 0 aliphatic heterocycles. The minimum Gasteiger partial charge on any atom is -0.459 e. The molecule has 0 fully saturated rings. The van der Waals surface area contributed by atoms with Gasteiger partial charge in [-0.1, -0.05) is 37.3 Å². The molecular weight excluding hydrogens is 386 g/mol. The molecular formula is C21H25N5O4. The fraction of sp³-hybridized carbons (Fsp3) is 0.333. The molecule has 0 unspecified atom stereocenters. The number of urea groups is 1. The van der Waals surface area contributed by atoms with Gasteiger partial charge in [0.1, 0.15) is 6.04 Å². The summed E-state index contributed by atoms with van der Waals surface area (Å²) in [6, 6.07) is 11.5. The van der Waals surface area contributed by atoms with Crippen molar-refractivity contribution in [2.45, 2.75) is 32.9 Å². The van der Waals surface area contributed by atoms with Crippen LogP contribution in [-0.2, 0) is 11.3 Å². The summed E-state index contributed by atoms with van der Waals surface area (Å²) in [5, 5.41) is 13.1. The molecule has 0 aliphatic rings. The second kappa shape index (κ2) is 10.4. The Balaban J connectivity index is 1.85. The van der Waals surface area contributed by atoms with Crippen LogP contribution in [0.1, 0.15) is 37.8 Å². The monoisotopic (exact) mass is 411 g/mol. The Bertz CT molecular complexity index is 939. The maximum Gasteiger partial charge on any atom is 0.321 e. The Morgan fingerprint density at radius 2 is 1.90 bits per heavy atom. The van der Waals surface area contributed by atoms with Crippen LogP contribution in [-0.4, -0.2) is 40.1 Å². The van der Waals surface area contributed by atoms with E-state index < -0.39 is 18.0 Å². The normalized spacial score (nSPS) is 12.0. The van der Waals surface area contributed by atoms with Gasteiger partial charge in [-0.25, -0.2) is 4.79 Å². The topological polar surface area (TPSA) is 114 Å². The van der Waals surface area contributed by atoms with E-state index in [1.807, 2.05) is 42.2 Å². The fourth-order valence-electron chi connectivity index (χ4n) is 3.13. The molecule has 2 N–H and O–H groups in total. The van der Waals surface area contributed by atoms with Crippen molar-refractivity contribution in [3.8, 4) is 11.7 Å². The number of nitrogens with one attached hydrogen (secondary N) is 2. The zero-order valence-electron chi connectivity index (χ0n) is 17.0. The summed E-state index contributed by atoms with van der Waals surface area (Å²) in [5.41, 5.74) is 0.763. The summed E-state index contributed by atoms with van der Waals surface area (Å²) in [6.45, 7) is 5.04. The van der Waals surface area contributed by atoms with Crippen molar-refractivity contribution in [2.75, 3.05) is 13.1 Å². The first-order valence-corrected chi connectivity index (χ1v) is 9.86. The van der Waals surface area contributed by atoms with Gasteiger partial charge in [0.2, 0.25) is 11.8 Å². The molecule has 1 aromatic carbocycles. The van der Waals surface area contributed by atoms with E-state index in [-0.39, 0.29) is 12.4 Å². The number of carbonyl (C=O) groups excluding carboxylic acids is 2. The molecule has 9 nitrogen and oxygen atoms in total. The van der Waals surface area contributed by atoms with E-state index in [4.69, 9.17) is 8.83 Å². The number of aromatic nitrogens is 2. The molecule has 0 saturated carbocycles. The first-order valence-electron chi connectivity index (χ1n) is 9.86. The molecule has 3 amide bonds. The lowest BCUT2D eigenvalue weighted by Crippen LogP contribution is -2.46. The lowest BCUT2D eigenvalue weighted by atomic mass is 10.0. The Morgan fingerprint density at radius 3 is 2.57 bits per heavy atom. The summed E-state index contributed by atoms with van der Waals surface area (Å²) < 4.78 is 11.0. The van der Waals surface area contributed by atoms with Crippen molar-refractivity contribution < 1.29 is 18.4 Å². The highest BCUT2D eigenvalue weighted by atomic mass is 16.4. The van der Waals surface area contributed by atoms with Crippen molar-refractivity contribution in [1.82, 2.24) is 25.7 Å². The molecule has 3 aromatic rings. The molecule has 30 heavy (non-hydrogen) atoms.